The first kappa shape index (κ1) is 17.2. The average Bonchev–Trinajstić information content (AvgIpc) is 2.52. The fourth-order valence-electron chi connectivity index (χ4n) is 1.79. The van der Waals surface area contributed by atoms with E-state index in [1.165, 1.54) is 0 Å². The lowest BCUT2D eigenvalue weighted by Crippen LogP contribution is -2.29. The molecule has 0 spiro atoms. The molecule has 8 heteroatoms. The van der Waals surface area contributed by atoms with Crippen molar-refractivity contribution in [3.8, 4) is 11.5 Å². The molecular weight excluding hydrogens is 328 g/mol. The van der Waals surface area contributed by atoms with Crippen LogP contribution in [-0.2, 0) is 10.0 Å². The van der Waals surface area contributed by atoms with Crippen molar-refractivity contribution in [2.24, 2.45) is 0 Å². The molecule has 23 heavy (non-hydrogen) atoms. The first-order chi connectivity index (χ1) is 10.9. The minimum Gasteiger partial charge on any atom is -0.497 e. The van der Waals surface area contributed by atoms with Gasteiger partial charge in [0.1, 0.15) is 34.6 Å². The van der Waals surface area contributed by atoms with E-state index < -0.39 is 26.6 Å². The average molecular weight is 343 g/mol. The Kier molecular flexibility index (Phi) is 5.51. The van der Waals surface area contributed by atoms with Gasteiger partial charge in [0.05, 0.1) is 7.11 Å². The number of hydrogen-bond donors (Lipinski definition) is 1. The summed E-state index contributed by atoms with van der Waals surface area (Å²) in [4.78, 5) is -0.608. The molecule has 0 heterocycles. The first-order valence-electron chi connectivity index (χ1n) is 6.64. The van der Waals surface area contributed by atoms with Gasteiger partial charge in [0.25, 0.3) is 0 Å². The van der Waals surface area contributed by atoms with Gasteiger partial charge >= 0.3 is 0 Å². The van der Waals surface area contributed by atoms with Gasteiger partial charge in [-0.1, -0.05) is 0 Å². The second-order valence-corrected chi connectivity index (χ2v) is 6.23. The molecule has 0 unspecified atom stereocenters. The van der Waals surface area contributed by atoms with Gasteiger partial charge in [-0.15, -0.1) is 0 Å². The number of sulfonamides is 1. The maximum Gasteiger partial charge on any atom is 0.243 e. The molecule has 0 aliphatic heterocycles. The zero-order valence-electron chi connectivity index (χ0n) is 12.3. The summed E-state index contributed by atoms with van der Waals surface area (Å²) in [6.45, 7) is -0.0143. The Balaban J connectivity index is 1.89. The quantitative estimate of drug-likeness (QED) is 0.784. The third-order valence-electron chi connectivity index (χ3n) is 2.91. The molecule has 0 radical (unpaired) electrons. The fraction of sp³-hybridized carbons (Fsp3) is 0.200. The van der Waals surface area contributed by atoms with E-state index in [0.29, 0.717) is 17.6 Å². The van der Waals surface area contributed by atoms with Crippen LogP contribution in [0, 0.1) is 11.6 Å². The summed E-state index contributed by atoms with van der Waals surface area (Å²) in [6, 6.07) is 9.02. The standard InChI is InChI=1S/C15H15F2NO4S/c1-21-12-3-5-13(6-4-12)22-9-8-18-23(19,20)15-7-2-11(16)10-14(15)17/h2-7,10,18H,8-9H2,1H3. The summed E-state index contributed by atoms with van der Waals surface area (Å²) in [5, 5.41) is 0. The molecule has 0 amide bonds. The van der Waals surface area contributed by atoms with Crippen molar-refractivity contribution in [2.45, 2.75) is 4.90 Å². The van der Waals surface area contributed by atoms with Crippen molar-refractivity contribution in [2.75, 3.05) is 20.3 Å². The van der Waals surface area contributed by atoms with E-state index in [-0.39, 0.29) is 13.2 Å². The molecule has 0 aromatic heterocycles. The Labute approximate surface area is 132 Å². The highest BCUT2D eigenvalue weighted by atomic mass is 32.2. The van der Waals surface area contributed by atoms with Gasteiger partial charge in [0.2, 0.25) is 10.0 Å². The van der Waals surface area contributed by atoms with Crippen molar-refractivity contribution < 1.29 is 26.7 Å². The van der Waals surface area contributed by atoms with Crippen LogP contribution < -0.4 is 14.2 Å². The Hall–Kier alpha value is -2.19. The normalized spacial score (nSPS) is 11.3. The molecular formula is C15H15F2NO4S. The lowest BCUT2D eigenvalue weighted by molar-refractivity contribution is 0.322. The van der Waals surface area contributed by atoms with Gasteiger partial charge in [-0.05, 0) is 36.4 Å². The van der Waals surface area contributed by atoms with Crippen LogP contribution in [0.2, 0.25) is 0 Å². The lowest BCUT2D eigenvalue weighted by atomic mass is 10.3. The third kappa shape index (κ3) is 4.64. The molecule has 124 valence electrons. The summed E-state index contributed by atoms with van der Waals surface area (Å²) in [7, 11) is -2.52. The van der Waals surface area contributed by atoms with Crippen LogP contribution >= 0.6 is 0 Å². The molecule has 0 aliphatic carbocycles. The molecule has 0 fully saturated rings. The minimum absolute atomic E-state index is 0.0500. The van der Waals surface area contributed by atoms with Crippen LogP contribution in [0.5, 0.6) is 11.5 Å². The molecule has 1 N–H and O–H groups in total. The highest BCUT2D eigenvalue weighted by Crippen LogP contribution is 2.17. The largest absolute Gasteiger partial charge is 0.497 e. The van der Waals surface area contributed by atoms with Crippen LogP contribution in [-0.4, -0.2) is 28.7 Å². The van der Waals surface area contributed by atoms with Gasteiger partial charge in [-0.25, -0.2) is 21.9 Å². The van der Waals surface area contributed by atoms with E-state index >= 15 is 0 Å². The number of benzene rings is 2. The van der Waals surface area contributed by atoms with Gasteiger partial charge < -0.3 is 9.47 Å². The van der Waals surface area contributed by atoms with E-state index in [1.807, 2.05) is 0 Å². The van der Waals surface area contributed by atoms with E-state index in [9.17, 15) is 17.2 Å². The molecule has 2 aromatic rings. The summed E-state index contributed by atoms with van der Waals surface area (Å²) in [5.41, 5.74) is 0. The Morgan fingerprint density at radius 3 is 2.30 bits per heavy atom. The maximum atomic E-state index is 13.5. The summed E-state index contributed by atoms with van der Waals surface area (Å²) >= 11 is 0. The minimum atomic E-state index is -4.06. The highest BCUT2D eigenvalue weighted by molar-refractivity contribution is 7.89. The van der Waals surface area contributed by atoms with E-state index in [0.717, 1.165) is 12.1 Å². The number of nitrogens with one attached hydrogen (secondary N) is 1. The third-order valence-corrected chi connectivity index (χ3v) is 4.40. The monoisotopic (exact) mass is 343 g/mol. The first-order valence-corrected chi connectivity index (χ1v) is 8.12. The van der Waals surface area contributed by atoms with Gasteiger partial charge in [-0.2, -0.15) is 0 Å². The molecule has 0 atom stereocenters. The molecule has 0 saturated carbocycles. The zero-order chi connectivity index (χ0) is 16.9. The van der Waals surface area contributed by atoms with Crippen molar-refractivity contribution >= 4 is 10.0 Å². The van der Waals surface area contributed by atoms with Crippen LogP contribution in [0.1, 0.15) is 0 Å². The number of hydrogen-bond acceptors (Lipinski definition) is 4. The van der Waals surface area contributed by atoms with Crippen molar-refractivity contribution in [3.05, 3.63) is 54.1 Å². The van der Waals surface area contributed by atoms with E-state index in [4.69, 9.17) is 9.47 Å². The summed E-state index contributed by atoms with van der Waals surface area (Å²) in [5.74, 6) is -0.777. The number of methoxy groups -OCH3 is 1. The van der Waals surface area contributed by atoms with Crippen LogP contribution in [0.4, 0.5) is 8.78 Å². The van der Waals surface area contributed by atoms with Gasteiger partial charge in [-0.3, -0.25) is 0 Å². The molecule has 2 aromatic carbocycles. The van der Waals surface area contributed by atoms with Crippen LogP contribution in [0.25, 0.3) is 0 Å². The van der Waals surface area contributed by atoms with E-state index in [2.05, 4.69) is 4.72 Å². The second-order valence-electron chi connectivity index (χ2n) is 4.50. The number of ether oxygens (including phenoxy) is 2. The van der Waals surface area contributed by atoms with Crippen molar-refractivity contribution in [1.82, 2.24) is 4.72 Å². The second kappa shape index (κ2) is 7.38. The topological polar surface area (TPSA) is 64.6 Å². The predicted molar refractivity (Wildman–Crippen MR) is 80.0 cm³/mol. The lowest BCUT2D eigenvalue weighted by Gasteiger charge is -2.09. The smallest absolute Gasteiger partial charge is 0.243 e. The van der Waals surface area contributed by atoms with E-state index in [1.54, 1.807) is 31.4 Å². The van der Waals surface area contributed by atoms with Crippen LogP contribution in [0.15, 0.2) is 47.4 Å². The SMILES string of the molecule is COc1ccc(OCCNS(=O)(=O)c2ccc(F)cc2F)cc1. The van der Waals surface area contributed by atoms with Crippen molar-refractivity contribution in [3.63, 3.8) is 0 Å². The van der Waals surface area contributed by atoms with Gasteiger partial charge in [0, 0.05) is 12.6 Å². The summed E-state index contributed by atoms with van der Waals surface area (Å²) < 4.78 is 62.7. The maximum absolute atomic E-state index is 13.5. The molecule has 0 bridgehead atoms. The Morgan fingerprint density at radius 1 is 1.04 bits per heavy atom. The summed E-state index contributed by atoms with van der Waals surface area (Å²) in [6.07, 6.45) is 0. The van der Waals surface area contributed by atoms with Gasteiger partial charge in [0.15, 0.2) is 0 Å². The Bertz CT molecular complexity index is 764. The highest BCUT2D eigenvalue weighted by Gasteiger charge is 2.18. The predicted octanol–water partition coefficient (Wildman–Crippen LogP) is 2.33. The molecule has 2 rings (SSSR count). The number of halogens is 2. The van der Waals surface area contributed by atoms with Crippen molar-refractivity contribution in [1.29, 1.82) is 0 Å². The zero-order valence-corrected chi connectivity index (χ0v) is 13.1. The Morgan fingerprint density at radius 2 is 1.70 bits per heavy atom. The molecule has 5 nitrogen and oxygen atoms in total. The molecule has 0 aliphatic rings. The van der Waals surface area contributed by atoms with Crippen LogP contribution in [0.3, 0.4) is 0 Å². The molecule has 0 saturated heterocycles. The fourth-order valence-corrected chi connectivity index (χ4v) is 2.86. The number of rotatable bonds is 7.